The van der Waals surface area contributed by atoms with Gasteiger partial charge in [0.15, 0.2) is 0 Å². The van der Waals surface area contributed by atoms with E-state index in [-0.39, 0.29) is 12.3 Å². The second-order valence-corrected chi connectivity index (χ2v) is 10.5. The van der Waals surface area contributed by atoms with Crippen LogP contribution in [-0.4, -0.2) is 47.7 Å². The van der Waals surface area contributed by atoms with Crippen LogP contribution in [0.2, 0.25) is 0 Å². The number of piperidine rings is 1. The molecule has 0 bridgehead atoms. The van der Waals surface area contributed by atoms with Crippen molar-refractivity contribution in [1.29, 1.82) is 0 Å². The van der Waals surface area contributed by atoms with Crippen LogP contribution in [-0.2, 0) is 23.8 Å². The summed E-state index contributed by atoms with van der Waals surface area (Å²) < 4.78 is 45.4. The van der Waals surface area contributed by atoms with E-state index in [2.05, 4.69) is 16.0 Å². The third kappa shape index (κ3) is 7.94. The molecule has 3 aromatic rings. The number of halogens is 3. The topological polar surface area (TPSA) is 62.7 Å². The fraction of sp³-hybridized carbons (Fsp3) is 0.484. The normalized spacial score (nSPS) is 18.4. The van der Waals surface area contributed by atoms with Crippen molar-refractivity contribution in [2.45, 2.75) is 57.5 Å². The molecular weight excluding hydrogens is 505 g/mol. The minimum Gasteiger partial charge on any atom is -0.497 e. The molecule has 1 N–H and O–H groups in total. The number of hydrogen-bond acceptors (Lipinski definition) is 4. The molecule has 5 nitrogen and oxygen atoms in total. The second-order valence-electron chi connectivity index (χ2n) is 10.5. The zero-order valence-electron chi connectivity index (χ0n) is 22.4. The van der Waals surface area contributed by atoms with Gasteiger partial charge in [-0.1, -0.05) is 18.2 Å². The summed E-state index contributed by atoms with van der Waals surface area (Å²) in [5.41, 5.74) is 1.96. The van der Waals surface area contributed by atoms with Crippen molar-refractivity contribution in [2.75, 3.05) is 26.7 Å². The summed E-state index contributed by atoms with van der Waals surface area (Å²) in [6, 6.07) is 13.8. The van der Waals surface area contributed by atoms with E-state index in [4.69, 9.17) is 4.74 Å². The number of ether oxygens (including phenoxy) is 1. The van der Waals surface area contributed by atoms with E-state index in [0.717, 1.165) is 61.5 Å². The minimum atomic E-state index is -4.34. The van der Waals surface area contributed by atoms with E-state index >= 15 is 0 Å². The molecule has 8 heteroatoms. The predicted octanol–water partition coefficient (Wildman–Crippen LogP) is 7.02. The van der Waals surface area contributed by atoms with Crippen molar-refractivity contribution >= 4 is 16.9 Å². The predicted molar refractivity (Wildman–Crippen MR) is 146 cm³/mol. The maximum Gasteiger partial charge on any atom is 0.416 e. The SMILES string of the molecule is COc1ccc2nccc(CCCC3CCN(CCCc4ccccc4C(F)(F)F)CC3CCC(=O)O)c2c1. The number of nitrogens with zero attached hydrogens (tertiary/aromatic N) is 2. The fourth-order valence-electron chi connectivity index (χ4n) is 5.96. The number of fused-ring (bicyclic) bond motifs is 1. The van der Waals surface area contributed by atoms with Crippen molar-refractivity contribution < 1.29 is 27.8 Å². The molecule has 1 aliphatic rings. The molecule has 1 saturated heterocycles. The Morgan fingerprint density at radius 1 is 1.05 bits per heavy atom. The van der Waals surface area contributed by atoms with E-state index in [1.807, 2.05) is 24.4 Å². The third-order valence-electron chi connectivity index (χ3n) is 8.01. The lowest BCUT2D eigenvalue weighted by Gasteiger charge is -2.39. The first-order valence-corrected chi connectivity index (χ1v) is 13.8. The smallest absolute Gasteiger partial charge is 0.416 e. The highest BCUT2D eigenvalue weighted by molar-refractivity contribution is 5.83. The van der Waals surface area contributed by atoms with Crippen molar-refractivity contribution in [1.82, 2.24) is 9.88 Å². The molecular formula is C31H37F3N2O3. The number of methoxy groups -OCH3 is 1. The van der Waals surface area contributed by atoms with Gasteiger partial charge < -0.3 is 14.7 Å². The number of carboxylic acids is 1. The average molecular weight is 543 g/mol. The lowest BCUT2D eigenvalue weighted by Crippen LogP contribution is -2.41. The van der Waals surface area contributed by atoms with Crippen LogP contribution in [0.4, 0.5) is 13.2 Å². The van der Waals surface area contributed by atoms with E-state index in [1.165, 1.54) is 11.6 Å². The van der Waals surface area contributed by atoms with Crippen molar-refractivity contribution in [3.05, 3.63) is 71.4 Å². The number of aryl methyl sites for hydroxylation is 2. The molecule has 2 unspecified atom stereocenters. The number of pyridine rings is 1. The summed E-state index contributed by atoms with van der Waals surface area (Å²) in [7, 11) is 1.66. The number of carboxylic acid groups (broad SMARTS) is 1. The Hall–Kier alpha value is -3.13. The summed E-state index contributed by atoms with van der Waals surface area (Å²) >= 11 is 0. The van der Waals surface area contributed by atoms with Crippen LogP contribution in [0.3, 0.4) is 0 Å². The Balaban J connectivity index is 1.33. The van der Waals surface area contributed by atoms with Gasteiger partial charge in [-0.25, -0.2) is 0 Å². The van der Waals surface area contributed by atoms with E-state index in [9.17, 15) is 23.1 Å². The van der Waals surface area contributed by atoms with Crippen LogP contribution in [0, 0.1) is 11.8 Å². The van der Waals surface area contributed by atoms with E-state index in [1.54, 1.807) is 19.2 Å². The number of aliphatic carboxylic acids is 1. The zero-order valence-corrected chi connectivity index (χ0v) is 22.4. The molecule has 0 saturated carbocycles. The van der Waals surface area contributed by atoms with E-state index in [0.29, 0.717) is 37.3 Å². The molecule has 0 amide bonds. The highest BCUT2D eigenvalue weighted by Gasteiger charge is 2.33. The van der Waals surface area contributed by atoms with Crippen LogP contribution < -0.4 is 4.74 Å². The Labute approximate surface area is 228 Å². The molecule has 2 aromatic carbocycles. The summed E-state index contributed by atoms with van der Waals surface area (Å²) in [5.74, 6) is 0.729. The molecule has 2 atom stereocenters. The quantitative estimate of drug-likeness (QED) is 0.267. The first kappa shape index (κ1) is 28.9. The zero-order chi connectivity index (χ0) is 27.8. The summed E-state index contributed by atoms with van der Waals surface area (Å²) in [4.78, 5) is 18.1. The molecule has 0 radical (unpaired) electrons. The number of rotatable bonds is 12. The van der Waals surface area contributed by atoms with E-state index < -0.39 is 17.7 Å². The van der Waals surface area contributed by atoms with Gasteiger partial charge in [-0.2, -0.15) is 13.2 Å². The average Bonchev–Trinajstić information content (AvgIpc) is 2.92. The first-order chi connectivity index (χ1) is 18.7. The summed E-state index contributed by atoms with van der Waals surface area (Å²) in [6.45, 7) is 2.41. The monoisotopic (exact) mass is 542 g/mol. The molecule has 1 aliphatic heterocycles. The van der Waals surface area contributed by atoms with Gasteiger partial charge in [0.05, 0.1) is 18.2 Å². The molecule has 0 spiro atoms. The van der Waals surface area contributed by atoms with Gasteiger partial charge in [0.1, 0.15) is 5.75 Å². The number of likely N-dealkylation sites (tertiary alicyclic amines) is 1. The Morgan fingerprint density at radius 3 is 2.62 bits per heavy atom. The molecule has 39 heavy (non-hydrogen) atoms. The van der Waals surface area contributed by atoms with Crippen LogP contribution in [0.25, 0.3) is 10.9 Å². The summed E-state index contributed by atoms with van der Waals surface area (Å²) in [6.07, 6.45) is 3.19. The lowest BCUT2D eigenvalue weighted by atomic mass is 9.79. The number of aromatic nitrogens is 1. The number of benzene rings is 2. The maximum absolute atomic E-state index is 13.3. The van der Waals surface area contributed by atoms with Gasteiger partial charge in [0.25, 0.3) is 0 Å². The minimum absolute atomic E-state index is 0.142. The molecule has 2 heterocycles. The molecule has 1 fully saturated rings. The number of alkyl halides is 3. The van der Waals surface area contributed by atoms with Gasteiger partial charge in [0.2, 0.25) is 0 Å². The van der Waals surface area contributed by atoms with Crippen LogP contribution in [0.5, 0.6) is 5.75 Å². The molecule has 4 rings (SSSR count). The standard InChI is InChI=1S/C31H37F3N2O3/c1-39-26-12-13-29-27(20-26)23(15-17-35-29)8-4-7-22-16-19-36(21-25(22)11-14-30(37)38)18-5-9-24-6-2-3-10-28(24)31(32,33)34/h2-3,6,10,12-13,15,17,20,22,25H,4-5,7-9,11,14,16,18-19,21H2,1H3,(H,37,38). The van der Waals surface area contributed by atoms with Crippen molar-refractivity contribution in [2.24, 2.45) is 11.8 Å². The Morgan fingerprint density at radius 2 is 1.85 bits per heavy atom. The van der Waals surface area contributed by atoms with Gasteiger partial charge in [-0.05, 0) is 111 Å². The molecule has 0 aliphatic carbocycles. The van der Waals surface area contributed by atoms with Crippen LogP contribution >= 0.6 is 0 Å². The van der Waals surface area contributed by atoms with Crippen molar-refractivity contribution in [3.8, 4) is 5.75 Å². The lowest BCUT2D eigenvalue weighted by molar-refractivity contribution is -0.138. The Bertz CT molecular complexity index is 1250. The van der Waals surface area contributed by atoms with Gasteiger partial charge in [-0.15, -0.1) is 0 Å². The summed E-state index contributed by atoms with van der Waals surface area (Å²) in [5, 5.41) is 10.4. The first-order valence-electron chi connectivity index (χ1n) is 13.8. The molecule has 1 aromatic heterocycles. The van der Waals surface area contributed by atoms with Gasteiger partial charge in [-0.3, -0.25) is 9.78 Å². The Kier molecular flexibility index (Phi) is 9.83. The van der Waals surface area contributed by atoms with Crippen LogP contribution in [0.15, 0.2) is 54.7 Å². The second kappa shape index (κ2) is 13.3. The third-order valence-corrected chi connectivity index (χ3v) is 8.01. The van der Waals surface area contributed by atoms with Crippen LogP contribution in [0.1, 0.15) is 55.2 Å². The number of carbonyl (C=O) groups is 1. The van der Waals surface area contributed by atoms with Gasteiger partial charge >= 0.3 is 12.1 Å². The highest BCUT2D eigenvalue weighted by Crippen LogP contribution is 2.34. The molecule has 210 valence electrons. The number of hydrogen-bond donors (Lipinski definition) is 1. The highest BCUT2D eigenvalue weighted by atomic mass is 19.4. The van der Waals surface area contributed by atoms with Crippen molar-refractivity contribution in [3.63, 3.8) is 0 Å². The largest absolute Gasteiger partial charge is 0.497 e. The maximum atomic E-state index is 13.3. The fourth-order valence-corrected chi connectivity index (χ4v) is 5.96. The van der Waals surface area contributed by atoms with Gasteiger partial charge in [0, 0.05) is 24.5 Å².